The van der Waals surface area contributed by atoms with Crippen molar-refractivity contribution in [3.8, 4) is 0 Å². The molecule has 0 aliphatic rings. The van der Waals surface area contributed by atoms with E-state index in [2.05, 4.69) is 0 Å². The van der Waals surface area contributed by atoms with Gasteiger partial charge in [0.05, 0.1) is 10.5 Å². The number of carbonyl (C=O) groups is 1. The van der Waals surface area contributed by atoms with E-state index in [1.165, 1.54) is 5.32 Å². The average Bonchev–Trinajstić information content (AvgIpc) is 2.45. The summed E-state index contributed by atoms with van der Waals surface area (Å²) in [6, 6.07) is 2.43. The molecular weight excluding hydrogens is 340 g/mol. The Morgan fingerprint density at radius 2 is 1.78 bits per heavy atom. The van der Waals surface area contributed by atoms with Gasteiger partial charge < -0.3 is 5.32 Å². The highest BCUT2D eigenvalue weighted by Crippen LogP contribution is 2.20. The highest BCUT2D eigenvalue weighted by Gasteiger charge is 2.29. The second-order valence-corrected chi connectivity index (χ2v) is 6.47. The molecule has 0 aliphatic carbocycles. The maximum atomic E-state index is 13.6. The van der Waals surface area contributed by atoms with Gasteiger partial charge in [0, 0.05) is 13.1 Å². The Balaban J connectivity index is 3.16. The number of hydrogen-bond donors (Lipinski definition) is 1. The van der Waals surface area contributed by atoms with Gasteiger partial charge in [-0.3, -0.25) is 4.79 Å². The molecule has 0 aliphatic heterocycles. The smallest absolute Gasteiger partial charge is 0.343 e. The lowest BCUT2D eigenvalue weighted by Gasteiger charge is -2.19. The van der Waals surface area contributed by atoms with Crippen LogP contribution < -0.4 is 5.32 Å². The summed E-state index contributed by atoms with van der Waals surface area (Å²) in [5, 5.41) is 1.50. The first-order valence-corrected chi connectivity index (χ1v) is 8.11. The van der Waals surface area contributed by atoms with Crippen molar-refractivity contribution in [2.24, 2.45) is 0 Å². The summed E-state index contributed by atoms with van der Waals surface area (Å²) in [5.74, 6) is -2.44. The second kappa shape index (κ2) is 7.26. The van der Waals surface area contributed by atoms with Crippen molar-refractivity contribution in [2.75, 3.05) is 19.6 Å². The van der Waals surface area contributed by atoms with E-state index in [9.17, 15) is 30.8 Å². The highest BCUT2D eigenvalue weighted by atomic mass is 32.2. The van der Waals surface area contributed by atoms with Crippen molar-refractivity contribution in [2.45, 2.75) is 24.9 Å². The lowest BCUT2D eigenvalue weighted by atomic mass is 10.2. The van der Waals surface area contributed by atoms with E-state index >= 15 is 0 Å². The van der Waals surface area contributed by atoms with Crippen LogP contribution in [0.1, 0.15) is 24.2 Å². The topological polar surface area (TPSA) is 66.5 Å². The Bertz CT molecular complexity index is 670. The van der Waals surface area contributed by atoms with E-state index in [0.29, 0.717) is 0 Å². The molecule has 1 aromatic rings. The highest BCUT2D eigenvalue weighted by molar-refractivity contribution is 7.89. The molecule has 10 heteroatoms. The standard InChI is InChI=1S/C13H16F4N2O3S/c1-3-19(4-2)23(21,22)9-5-6-11(14)10(7-9)12(20)18-8-13(15,16)17/h5-7H,3-4,8H2,1-2H3,(H,18,20). The number of carbonyl (C=O) groups excluding carboxylic acids is 1. The van der Waals surface area contributed by atoms with Crippen LogP contribution in [0, 0.1) is 5.82 Å². The summed E-state index contributed by atoms with van der Waals surface area (Å²) in [4.78, 5) is 11.3. The minimum Gasteiger partial charge on any atom is -0.343 e. The van der Waals surface area contributed by atoms with Crippen LogP contribution in [-0.4, -0.2) is 44.4 Å². The number of amides is 1. The number of rotatable bonds is 6. The molecule has 0 saturated heterocycles. The van der Waals surface area contributed by atoms with Crippen molar-refractivity contribution >= 4 is 15.9 Å². The number of alkyl halides is 3. The molecule has 1 amide bonds. The van der Waals surface area contributed by atoms with Crippen molar-refractivity contribution in [3.63, 3.8) is 0 Å². The molecule has 0 bridgehead atoms. The minimum absolute atomic E-state index is 0.159. The zero-order valence-corrected chi connectivity index (χ0v) is 13.3. The largest absolute Gasteiger partial charge is 0.405 e. The lowest BCUT2D eigenvalue weighted by Crippen LogP contribution is -2.34. The van der Waals surface area contributed by atoms with Crippen LogP contribution in [0.15, 0.2) is 23.1 Å². The monoisotopic (exact) mass is 356 g/mol. The van der Waals surface area contributed by atoms with Crippen LogP contribution in [-0.2, 0) is 10.0 Å². The first-order valence-electron chi connectivity index (χ1n) is 6.67. The fourth-order valence-electron chi connectivity index (χ4n) is 1.83. The third-order valence-electron chi connectivity index (χ3n) is 2.98. The summed E-state index contributed by atoms with van der Waals surface area (Å²) in [7, 11) is -3.95. The van der Waals surface area contributed by atoms with Gasteiger partial charge in [-0.25, -0.2) is 12.8 Å². The molecule has 0 saturated carbocycles. The van der Waals surface area contributed by atoms with Crippen molar-refractivity contribution in [3.05, 3.63) is 29.6 Å². The van der Waals surface area contributed by atoms with Crippen molar-refractivity contribution in [1.82, 2.24) is 9.62 Å². The van der Waals surface area contributed by atoms with Gasteiger partial charge in [0.2, 0.25) is 10.0 Å². The number of benzene rings is 1. The number of sulfonamides is 1. The second-order valence-electron chi connectivity index (χ2n) is 4.53. The molecule has 0 radical (unpaired) electrons. The molecule has 0 aromatic heterocycles. The Kier molecular flexibility index (Phi) is 6.11. The predicted octanol–water partition coefficient (Wildman–Crippen LogP) is 2.15. The molecule has 130 valence electrons. The molecule has 0 atom stereocenters. The minimum atomic E-state index is -4.66. The number of hydrogen-bond acceptors (Lipinski definition) is 3. The molecule has 0 spiro atoms. The lowest BCUT2D eigenvalue weighted by molar-refractivity contribution is -0.123. The van der Waals surface area contributed by atoms with E-state index in [4.69, 9.17) is 0 Å². The molecule has 0 unspecified atom stereocenters. The normalized spacial score (nSPS) is 12.5. The fourth-order valence-corrected chi connectivity index (χ4v) is 3.31. The van der Waals surface area contributed by atoms with E-state index < -0.39 is 40.0 Å². The summed E-state index contributed by atoms with van der Waals surface area (Å²) in [6.45, 7) is 1.87. The van der Waals surface area contributed by atoms with Crippen molar-refractivity contribution in [1.29, 1.82) is 0 Å². The zero-order valence-electron chi connectivity index (χ0n) is 12.4. The Labute approximate surface area is 131 Å². The van der Waals surface area contributed by atoms with Crippen LogP contribution in [0.25, 0.3) is 0 Å². The van der Waals surface area contributed by atoms with Gasteiger partial charge in [0.1, 0.15) is 12.4 Å². The average molecular weight is 356 g/mol. The van der Waals surface area contributed by atoms with E-state index in [1.807, 2.05) is 0 Å². The quantitative estimate of drug-likeness (QED) is 0.795. The summed E-state index contributed by atoms with van der Waals surface area (Å²) >= 11 is 0. The van der Waals surface area contributed by atoms with Gasteiger partial charge in [0.25, 0.3) is 5.91 Å². The van der Waals surface area contributed by atoms with Gasteiger partial charge in [-0.15, -0.1) is 0 Å². The predicted molar refractivity (Wildman–Crippen MR) is 74.9 cm³/mol. The van der Waals surface area contributed by atoms with Gasteiger partial charge in [-0.05, 0) is 18.2 Å². The first kappa shape index (κ1) is 19.4. The van der Waals surface area contributed by atoms with Gasteiger partial charge >= 0.3 is 6.18 Å². The zero-order chi connectivity index (χ0) is 17.8. The van der Waals surface area contributed by atoms with Crippen LogP contribution in [0.5, 0.6) is 0 Å². The number of nitrogens with zero attached hydrogens (tertiary/aromatic N) is 1. The maximum absolute atomic E-state index is 13.6. The van der Waals surface area contributed by atoms with Crippen molar-refractivity contribution < 1.29 is 30.8 Å². The van der Waals surface area contributed by atoms with Crippen LogP contribution in [0.3, 0.4) is 0 Å². The van der Waals surface area contributed by atoms with Gasteiger partial charge in [-0.2, -0.15) is 17.5 Å². The Morgan fingerprint density at radius 3 is 2.26 bits per heavy atom. The Morgan fingerprint density at radius 1 is 1.22 bits per heavy atom. The molecule has 23 heavy (non-hydrogen) atoms. The fraction of sp³-hybridized carbons (Fsp3) is 0.462. The number of nitrogens with one attached hydrogen (secondary N) is 1. The molecule has 1 aromatic carbocycles. The molecule has 0 fully saturated rings. The summed E-state index contributed by atoms with van der Waals surface area (Å²) in [5.41, 5.74) is -0.762. The molecule has 1 N–H and O–H groups in total. The summed E-state index contributed by atoms with van der Waals surface area (Å²) < 4.78 is 75.6. The molecule has 5 nitrogen and oxygen atoms in total. The third kappa shape index (κ3) is 4.90. The SMILES string of the molecule is CCN(CC)S(=O)(=O)c1ccc(F)c(C(=O)NCC(F)(F)F)c1. The number of halogens is 4. The van der Waals surface area contributed by atoms with Gasteiger partial charge in [0.15, 0.2) is 0 Å². The van der Waals surface area contributed by atoms with E-state index in [-0.39, 0.29) is 18.0 Å². The summed E-state index contributed by atoms with van der Waals surface area (Å²) in [6.07, 6.45) is -4.66. The third-order valence-corrected chi connectivity index (χ3v) is 5.02. The Hall–Kier alpha value is -1.68. The first-order chi connectivity index (χ1) is 10.5. The molecule has 0 heterocycles. The molecule has 1 rings (SSSR count). The van der Waals surface area contributed by atoms with E-state index in [0.717, 1.165) is 22.5 Å². The van der Waals surface area contributed by atoms with Crippen LogP contribution in [0.2, 0.25) is 0 Å². The van der Waals surface area contributed by atoms with E-state index in [1.54, 1.807) is 13.8 Å². The van der Waals surface area contributed by atoms with Gasteiger partial charge in [-0.1, -0.05) is 13.8 Å². The van der Waals surface area contributed by atoms with Crippen LogP contribution >= 0.6 is 0 Å². The maximum Gasteiger partial charge on any atom is 0.405 e. The molecular formula is C13H16F4N2O3S. The van der Waals surface area contributed by atoms with Crippen LogP contribution in [0.4, 0.5) is 17.6 Å².